The summed E-state index contributed by atoms with van der Waals surface area (Å²) >= 11 is 0. The van der Waals surface area contributed by atoms with Crippen molar-refractivity contribution in [3.8, 4) is 11.5 Å². The molecular formula is C32H33N3O5. The highest BCUT2D eigenvalue weighted by Gasteiger charge is 2.46. The normalized spacial score (nSPS) is 16.6. The molecule has 2 aromatic carbocycles. The number of ketones is 1. The van der Waals surface area contributed by atoms with Crippen LogP contribution in [0.15, 0.2) is 78.5 Å². The molecule has 0 aliphatic carbocycles. The fourth-order valence-electron chi connectivity index (χ4n) is 5.18. The van der Waals surface area contributed by atoms with E-state index in [1.54, 1.807) is 36.8 Å². The van der Waals surface area contributed by atoms with Gasteiger partial charge in [-0.2, -0.15) is 0 Å². The van der Waals surface area contributed by atoms with Crippen molar-refractivity contribution in [2.75, 3.05) is 20.3 Å². The van der Waals surface area contributed by atoms with Crippen LogP contribution in [0.3, 0.4) is 0 Å². The Morgan fingerprint density at radius 3 is 2.55 bits per heavy atom. The number of aliphatic hydroxyl groups is 1. The van der Waals surface area contributed by atoms with Crippen LogP contribution in [0, 0.1) is 6.92 Å². The van der Waals surface area contributed by atoms with Gasteiger partial charge in [-0.3, -0.25) is 14.0 Å². The van der Waals surface area contributed by atoms with E-state index in [1.807, 2.05) is 54.6 Å². The minimum atomic E-state index is -0.823. The van der Waals surface area contributed by atoms with Gasteiger partial charge in [0.2, 0.25) is 0 Å². The van der Waals surface area contributed by atoms with Crippen molar-refractivity contribution in [2.24, 2.45) is 0 Å². The Labute approximate surface area is 233 Å². The van der Waals surface area contributed by atoms with Gasteiger partial charge in [0.05, 0.1) is 31.0 Å². The molecule has 3 heterocycles. The summed E-state index contributed by atoms with van der Waals surface area (Å²) in [6.45, 7) is 4.70. The van der Waals surface area contributed by atoms with Gasteiger partial charge in [0.1, 0.15) is 11.3 Å². The van der Waals surface area contributed by atoms with Crippen LogP contribution in [0.2, 0.25) is 0 Å². The van der Waals surface area contributed by atoms with Crippen LogP contribution in [0.25, 0.3) is 11.4 Å². The summed E-state index contributed by atoms with van der Waals surface area (Å²) < 4.78 is 13.3. The number of Topliss-reactive ketones (excluding diaryl/α,β-unsaturated/α-hetero) is 1. The number of carbonyl (C=O) groups excluding carboxylic acids is 2. The summed E-state index contributed by atoms with van der Waals surface area (Å²) in [7, 11) is 1.56. The van der Waals surface area contributed by atoms with Gasteiger partial charge in [-0.1, -0.05) is 55.8 Å². The van der Waals surface area contributed by atoms with Crippen LogP contribution in [-0.2, 0) is 16.0 Å². The molecule has 8 nitrogen and oxygen atoms in total. The maximum Gasteiger partial charge on any atom is 0.295 e. The van der Waals surface area contributed by atoms with E-state index in [1.165, 1.54) is 4.90 Å². The highest BCUT2D eigenvalue weighted by molar-refractivity contribution is 6.46. The molecule has 1 unspecified atom stereocenters. The number of hydrogen-bond donors (Lipinski definition) is 1. The van der Waals surface area contributed by atoms with E-state index < -0.39 is 17.7 Å². The molecule has 1 N–H and O–H groups in total. The zero-order valence-electron chi connectivity index (χ0n) is 23.0. The predicted octanol–water partition coefficient (Wildman–Crippen LogP) is 5.49. The molecule has 1 saturated heterocycles. The number of rotatable bonds is 10. The first-order valence-corrected chi connectivity index (χ1v) is 13.5. The van der Waals surface area contributed by atoms with Crippen molar-refractivity contribution < 1.29 is 24.2 Å². The first kappa shape index (κ1) is 27.0. The Morgan fingerprint density at radius 1 is 1.02 bits per heavy atom. The number of aliphatic hydroxyl groups excluding tert-OH is 1. The van der Waals surface area contributed by atoms with Crippen LogP contribution in [-0.4, -0.2) is 51.3 Å². The van der Waals surface area contributed by atoms with Crippen LogP contribution < -0.4 is 9.47 Å². The SMILES string of the molecule is CCCCOc1ccc(C2C(=C(O)c3c(C)nc4ccccn34)C(=O)C(=O)N2CCc2ccccc2)cc1OC. The first-order chi connectivity index (χ1) is 19.4. The third-order valence-corrected chi connectivity index (χ3v) is 7.21. The van der Waals surface area contributed by atoms with Crippen molar-refractivity contribution in [3.63, 3.8) is 0 Å². The van der Waals surface area contributed by atoms with E-state index >= 15 is 0 Å². The molecular weight excluding hydrogens is 506 g/mol. The van der Waals surface area contributed by atoms with Crippen LogP contribution in [0.5, 0.6) is 11.5 Å². The summed E-state index contributed by atoms with van der Waals surface area (Å²) in [5.41, 5.74) is 3.27. The number of imidazole rings is 1. The summed E-state index contributed by atoms with van der Waals surface area (Å²) in [6.07, 6.45) is 4.23. The molecule has 1 amide bonds. The van der Waals surface area contributed by atoms with Crippen molar-refractivity contribution in [1.82, 2.24) is 14.3 Å². The van der Waals surface area contributed by atoms with E-state index in [9.17, 15) is 14.7 Å². The number of methoxy groups -OCH3 is 1. The molecule has 0 spiro atoms. The molecule has 1 aliphatic heterocycles. The monoisotopic (exact) mass is 539 g/mol. The zero-order valence-corrected chi connectivity index (χ0v) is 23.0. The number of aromatic nitrogens is 2. The lowest BCUT2D eigenvalue weighted by molar-refractivity contribution is -0.139. The second-order valence-electron chi connectivity index (χ2n) is 9.82. The van der Waals surface area contributed by atoms with E-state index in [0.29, 0.717) is 53.7 Å². The van der Waals surface area contributed by atoms with Gasteiger partial charge in [0, 0.05) is 12.7 Å². The Balaban J connectivity index is 1.63. The third-order valence-electron chi connectivity index (χ3n) is 7.21. The molecule has 5 rings (SSSR count). The summed E-state index contributed by atoms with van der Waals surface area (Å²) in [6, 6.07) is 19.9. The van der Waals surface area contributed by atoms with E-state index in [-0.39, 0.29) is 11.3 Å². The zero-order chi connectivity index (χ0) is 28.2. The van der Waals surface area contributed by atoms with E-state index in [0.717, 1.165) is 18.4 Å². The fourth-order valence-corrected chi connectivity index (χ4v) is 5.18. The molecule has 40 heavy (non-hydrogen) atoms. The standard InChI is InChI=1S/C32H33N3O5/c1-4-5-19-40-24-15-14-23(20-25(24)39-3)29-27(30(36)28-21(2)33-26-13-9-10-17-34(26)28)31(37)32(38)35(29)18-16-22-11-7-6-8-12-22/h6-15,17,20,29,36H,4-5,16,18-19H2,1-3H3. The number of likely N-dealkylation sites (tertiary alicyclic amines) is 1. The number of carbonyl (C=O) groups is 2. The molecule has 0 saturated carbocycles. The second-order valence-corrected chi connectivity index (χ2v) is 9.82. The van der Waals surface area contributed by atoms with Gasteiger partial charge in [-0.05, 0) is 55.2 Å². The minimum Gasteiger partial charge on any atom is -0.505 e. The van der Waals surface area contributed by atoms with E-state index in [4.69, 9.17) is 9.47 Å². The number of ether oxygens (including phenoxy) is 2. The lowest BCUT2D eigenvalue weighted by atomic mass is 9.95. The summed E-state index contributed by atoms with van der Waals surface area (Å²) in [4.78, 5) is 33.2. The van der Waals surface area contributed by atoms with Gasteiger partial charge in [0.25, 0.3) is 11.7 Å². The Bertz CT molecular complexity index is 1570. The molecule has 1 aliphatic rings. The number of unbranched alkanes of at least 4 members (excludes halogenated alkanes) is 1. The Kier molecular flexibility index (Phi) is 7.86. The van der Waals surface area contributed by atoms with Gasteiger partial charge in [-0.15, -0.1) is 0 Å². The third kappa shape index (κ3) is 5.04. The van der Waals surface area contributed by atoms with Crippen LogP contribution in [0.4, 0.5) is 0 Å². The smallest absolute Gasteiger partial charge is 0.295 e. The highest BCUT2D eigenvalue weighted by Crippen LogP contribution is 2.42. The van der Waals surface area contributed by atoms with Crippen molar-refractivity contribution >= 4 is 23.1 Å². The summed E-state index contributed by atoms with van der Waals surface area (Å²) in [5.74, 6) is -0.574. The number of benzene rings is 2. The van der Waals surface area contributed by atoms with E-state index in [2.05, 4.69) is 11.9 Å². The number of aryl methyl sites for hydroxylation is 1. The van der Waals surface area contributed by atoms with Gasteiger partial charge in [-0.25, -0.2) is 4.98 Å². The largest absolute Gasteiger partial charge is 0.505 e. The quantitative estimate of drug-likeness (QED) is 0.124. The number of pyridine rings is 1. The lowest BCUT2D eigenvalue weighted by Gasteiger charge is -2.26. The molecule has 0 bridgehead atoms. The molecule has 8 heteroatoms. The molecule has 4 aromatic rings. The maximum absolute atomic E-state index is 13.6. The number of fused-ring (bicyclic) bond motifs is 1. The van der Waals surface area contributed by atoms with Crippen molar-refractivity contribution in [1.29, 1.82) is 0 Å². The minimum absolute atomic E-state index is 0.0218. The molecule has 2 aromatic heterocycles. The van der Waals surface area contributed by atoms with Crippen LogP contribution >= 0.6 is 0 Å². The average Bonchev–Trinajstić information content (AvgIpc) is 3.44. The lowest BCUT2D eigenvalue weighted by Crippen LogP contribution is -2.31. The second kappa shape index (κ2) is 11.7. The number of amides is 1. The van der Waals surface area contributed by atoms with Crippen molar-refractivity contribution in [3.05, 3.63) is 101 Å². The fraction of sp³-hybridized carbons (Fsp3) is 0.281. The summed E-state index contributed by atoms with van der Waals surface area (Å²) in [5, 5.41) is 11.7. The highest BCUT2D eigenvalue weighted by atomic mass is 16.5. The molecule has 206 valence electrons. The van der Waals surface area contributed by atoms with Gasteiger partial charge < -0.3 is 19.5 Å². The predicted molar refractivity (Wildman–Crippen MR) is 152 cm³/mol. The molecule has 0 radical (unpaired) electrons. The molecule has 1 fully saturated rings. The Morgan fingerprint density at radius 2 is 1.80 bits per heavy atom. The van der Waals surface area contributed by atoms with Gasteiger partial charge in [0.15, 0.2) is 17.3 Å². The number of hydrogen-bond acceptors (Lipinski definition) is 6. The van der Waals surface area contributed by atoms with Crippen molar-refractivity contribution in [2.45, 2.75) is 39.2 Å². The maximum atomic E-state index is 13.6. The average molecular weight is 540 g/mol. The van der Waals surface area contributed by atoms with Gasteiger partial charge >= 0.3 is 0 Å². The van der Waals surface area contributed by atoms with Crippen LogP contribution in [0.1, 0.15) is 48.3 Å². The topological polar surface area (TPSA) is 93.4 Å². The number of nitrogens with zero attached hydrogens (tertiary/aromatic N) is 3. The molecule has 1 atom stereocenters. The Hall–Kier alpha value is -4.59. The first-order valence-electron chi connectivity index (χ1n) is 13.5.